The minimum absolute atomic E-state index is 0.0811. The van der Waals surface area contributed by atoms with E-state index in [1.807, 2.05) is 0 Å². The van der Waals surface area contributed by atoms with Gasteiger partial charge in [-0.15, -0.1) is 5.10 Å². The summed E-state index contributed by atoms with van der Waals surface area (Å²) in [4.78, 5) is 16.8. The number of nitrogens with zero attached hydrogens (tertiary/aromatic N) is 3. The van der Waals surface area contributed by atoms with Gasteiger partial charge >= 0.3 is 0 Å². The van der Waals surface area contributed by atoms with E-state index in [-0.39, 0.29) is 5.91 Å². The number of aromatic nitrogens is 3. The second kappa shape index (κ2) is 7.62. The number of H-pyrrole nitrogens is 1. The van der Waals surface area contributed by atoms with Gasteiger partial charge in [0.2, 0.25) is 17.0 Å². The van der Waals surface area contributed by atoms with Crippen molar-refractivity contribution in [3.8, 4) is 0 Å². The molecule has 0 aromatic carbocycles. The van der Waals surface area contributed by atoms with Crippen molar-refractivity contribution in [2.24, 2.45) is 28.8 Å². The molecule has 0 unspecified atom stereocenters. The van der Waals surface area contributed by atoms with E-state index in [0.29, 0.717) is 40.5 Å². The Morgan fingerprint density at radius 1 is 1.29 bits per heavy atom. The predicted molar refractivity (Wildman–Crippen MR) is 106 cm³/mol. The van der Waals surface area contributed by atoms with Crippen LogP contribution in [0.15, 0.2) is 33.1 Å². The third kappa shape index (κ3) is 3.80. The maximum absolute atomic E-state index is 12.5. The van der Waals surface area contributed by atoms with Crippen molar-refractivity contribution in [3.63, 3.8) is 0 Å². The molecule has 3 N–H and O–H groups in total. The molecule has 4 fully saturated rings. The SMILES string of the molecule is O=C(CSc1n[nH]c(N/N=C\c2ccco2)n1)NC1C2CC3CC(C2)CC1C3. The largest absolute Gasteiger partial charge is 0.463 e. The summed E-state index contributed by atoms with van der Waals surface area (Å²) in [6.45, 7) is 0. The van der Waals surface area contributed by atoms with Crippen LogP contribution in [0.3, 0.4) is 0 Å². The van der Waals surface area contributed by atoms with E-state index in [2.05, 4.69) is 31.0 Å². The second-order valence-corrected chi connectivity index (χ2v) is 9.11. The molecular formula is C19H24N6O2S. The van der Waals surface area contributed by atoms with Crippen molar-refractivity contribution in [1.29, 1.82) is 0 Å². The maximum atomic E-state index is 12.5. The topological polar surface area (TPSA) is 108 Å². The Hall–Kier alpha value is -2.29. The van der Waals surface area contributed by atoms with Crippen LogP contribution in [-0.4, -0.2) is 39.1 Å². The summed E-state index contributed by atoms with van der Waals surface area (Å²) in [6.07, 6.45) is 9.78. The van der Waals surface area contributed by atoms with Crippen LogP contribution in [0, 0.1) is 23.7 Å². The van der Waals surface area contributed by atoms with Gasteiger partial charge < -0.3 is 9.73 Å². The predicted octanol–water partition coefficient (Wildman–Crippen LogP) is 2.88. The number of amides is 1. The Morgan fingerprint density at radius 3 is 2.79 bits per heavy atom. The van der Waals surface area contributed by atoms with Crippen molar-refractivity contribution in [2.75, 3.05) is 11.2 Å². The number of aromatic amines is 1. The quantitative estimate of drug-likeness (QED) is 0.375. The van der Waals surface area contributed by atoms with Crippen LogP contribution in [0.4, 0.5) is 5.95 Å². The summed E-state index contributed by atoms with van der Waals surface area (Å²) >= 11 is 1.33. The smallest absolute Gasteiger partial charge is 0.240 e. The normalized spacial score (nSPS) is 30.8. The van der Waals surface area contributed by atoms with E-state index in [1.165, 1.54) is 43.9 Å². The first-order chi connectivity index (χ1) is 13.7. The highest BCUT2D eigenvalue weighted by Crippen LogP contribution is 2.53. The fourth-order valence-corrected chi connectivity index (χ4v) is 6.01. The number of nitrogens with one attached hydrogen (secondary N) is 3. The molecule has 4 saturated carbocycles. The standard InChI is InChI=1S/C19H24N6O2S/c26-16(21-17-13-5-11-4-12(7-13)8-14(17)6-11)10-28-19-22-18(24-25-19)23-20-9-15-2-1-3-27-15/h1-3,9,11-14,17H,4-8,10H2,(H,21,26)(H2,22,23,24,25)/b20-9-. The molecule has 2 aromatic rings. The Balaban J connectivity index is 1.09. The van der Waals surface area contributed by atoms with Crippen LogP contribution in [0.2, 0.25) is 0 Å². The van der Waals surface area contributed by atoms with Crippen molar-refractivity contribution in [3.05, 3.63) is 24.2 Å². The average molecular weight is 401 g/mol. The molecule has 0 saturated heterocycles. The van der Waals surface area contributed by atoms with Gasteiger partial charge in [-0.25, -0.2) is 10.5 Å². The molecular weight excluding hydrogens is 376 g/mol. The van der Waals surface area contributed by atoms with Crippen LogP contribution >= 0.6 is 11.8 Å². The van der Waals surface area contributed by atoms with E-state index in [4.69, 9.17) is 4.42 Å². The average Bonchev–Trinajstić information content (AvgIpc) is 3.35. The van der Waals surface area contributed by atoms with Crippen LogP contribution in [-0.2, 0) is 4.79 Å². The lowest BCUT2D eigenvalue weighted by atomic mass is 9.54. The first-order valence-electron chi connectivity index (χ1n) is 9.90. The molecule has 1 amide bonds. The number of hydrogen-bond donors (Lipinski definition) is 3. The summed E-state index contributed by atoms with van der Waals surface area (Å²) in [7, 11) is 0. The van der Waals surface area contributed by atoms with Crippen molar-refractivity contribution >= 4 is 29.8 Å². The fourth-order valence-electron chi connectivity index (χ4n) is 5.40. The van der Waals surface area contributed by atoms with Crippen molar-refractivity contribution in [2.45, 2.75) is 43.3 Å². The van der Waals surface area contributed by atoms with Crippen LogP contribution < -0.4 is 10.7 Å². The molecule has 0 atom stereocenters. The number of furan rings is 1. The van der Waals surface area contributed by atoms with E-state index >= 15 is 0 Å². The molecule has 2 heterocycles. The van der Waals surface area contributed by atoms with Gasteiger partial charge in [-0.05, 0) is 67.9 Å². The zero-order valence-electron chi connectivity index (χ0n) is 15.5. The number of hydrazone groups is 1. The number of carbonyl (C=O) groups is 1. The molecule has 0 aliphatic heterocycles. The van der Waals surface area contributed by atoms with Gasteiger partial charge in [-0.3, -0.25) is 4.79 Å². The Morgan fingerprint density at radius 2 is 2.07 bits per heavy atom. The number of hydrogen-bond acceptors (Lipinski definition) is 7. The number of rotatable bonds is 7. The molecule has 9 heteroatoms. The first-order valence-corrected chi connectivity index (χ1v) is 10.9. The lowest BCUT2D eigenvalue weighted by Gasteiger charge is -2.54. The zero-order chi connectivity index (χ0) is 18.9. The summed E-state index contributed by atoms with van der Waals surface area (Å²) < 4.78 is 5.16. The molecule has 4 aliphatic carbocycles. The van der Waals surface area contributed by atoms with Gasteiger partial charge in [0, 0.05) is 6.04 Å². The van der Waals surface area contributed by atoms with Gasteiger partial charge in [-0.2, -0.15) is 10.1 Å². The third-order valence-electron chi connectivity index (χ3n) is 6.26. The molecule has 2 aromatic heterocycles. The van der Waals surface area contributed by atoms with E-state index in [1.54, 1.807) is 24.6 Å². The lowest BCUT2D eigenvalue weighted by molar-refractivity contribution is -0.122. The van der Waals surface area contributed by atoms with Crippen LogP contribution in [0.25, 0.3) is 0 Å². The molecule has 8 nitrogen and oxygen atoms in total. The highest BCUT2D eigenvalue weighted by molar-refractivity contribution is 7.99. The summed E-state index contributed by atoms with van der Waals surface area (Å²) in [5.41, 5.74) is 2.76. The molecule has 4 aliphatic rings. The minimum atomic E-state index is 0.0811. The third-order valence-corrected chi connectivity index (χ3v) is 7.10. The highest BCUT2D eigenvalue weighted by atomic mass is 32.2. The Bertz CT molecular complexity index is 820. The molecule has 6 rings (SSSR count). The van der Waals surface area contributed by atoms with E-state index in [9.17, 15) is 4.79 Å². The molecule has 4 bridgehead atoms. The molecule has 0 radical (unpaired) electrons. The highest BCUT2D eigenvalue weighted by Gasteiger charge is 2.48. The molecule has 28 heavy (non-hydrogen) atoms. The van der Waals surface area contributed by atoms with Gasteiger partial charge in [0.05, 0.1) is 18.2 Å². The van der Waals surface area contributed by atoms with Crippen molar-refractivity contribution < 1.29 is 9.21 Å². The number of carbonyl (C=O) groups excluding carboxylic acids is 1. The Labute approximate surface area is 167 Å². The van der Waals surface area contributed by atoms with Gasteiger partial charge in [-0.1, -0.05) is 11.8 Å². The maximum Gasteiger partial charge on any atom is 0.240 e. The van der Waals surface area contributed by atoms with Gasteiger partial charge in [0.25, 0.3) is 0 Å². The van der Waals surface area contributed by atoms with Gasteiger partial charge in [0.15, 0.2) is 0 Å². The summed E-state index contributed by atoms with van der Waals surface area (Å²) in [5.74, 6) is 4.69. The minimum Gasteiger partial charge on any atom is -0.463 e. The number of anilines is 1. The Kier molecular flexibility index (Phi) is 4.84. The zero-order valence-corrected chi connectivity index (χ0v) is 16.3. The summed E-state index contributed by atoms with van der Waals surface area (Å²) in [6, 6.07) is 3.97. The monoisotopic (exact) mass is 400 g/mol. The van der Waals surface area contributed by atoms with Crippen LogP contribution in [0.1, 0.15) is 37.9 Å². The lowest BCUT2D eigenvalue weighted by Crippen LogP contribution is -2.56. The fraction of sp³-hybridized carbons (Fsp3) is 0.579. The van der Waals surface area contributed by atoms with Crippen molar-refractivity contribution in [1.82, 2.24) is 20.5 Å². The van der Waals surface area contributed by atoms with Gasteiger partial charge in [0.1, 0.15) is 5.76 Å². The molecule has 0 spiro atoms. The number of thioether (sulfide) groups is 1. The van der Waals surface area contributed by atoms with Crippen LogP contribution in [0.5, 0.6) is 0 Å². The van der Waals surface area contributed by atoms with E-state index in [0.717, 1.165) is 11.8 Å². The summed E-state index contributed by atoms with van der Waals surface area (Å²) in [5, 5.41) is 14.7. The van der Waals surface area contributed by atoms with E-state index < -0.39 is 0 Å². The second-order valence-electron chi connectivity index (χ2n) is 8.16. The molecule has 148 valence electrons. The first kappa shape index (κ1) is 17.8.